The van der Waals surface area contributed by atoms with Crippen molar-refractivity contribution in [3.8, 4) is 16.8 Å². The normalized spacial score (nSPS) is 14.0. The Morgan fingerprint density at radius 1 is 0.562 bits per heavy atom. The standard InChI is InChI=1S/C45H35BN2/c1-44(2,3)27-18-25-14-16-32-39-33(17-15-26(19-27)37(25)39)42-41-40(32)31-13-9-12-30-29-11-8-7-10-24(29)20-34(38(30)31)46(41)35-21-28(45(4,5)6)22-36-43(35)48(42)23-47-36/h7-23H,1-6H3. The number of fused-ring (bicyclic) bond motifs is 8. The summed E-state index contributed by atoms with van der Waals surface area (Å²) in [6.45, 7) is 14.0. The molecule has 11 rings (SSSR count). The molecular weight excluding hydrogens is 579 g/mol. The number of nitrogens with zero attached hydrogens (tertiary/aromatic N) is 2. The lowest BCUT2D eigenvalue weighted by molar-refractivity contribution is 0.591. The molecule has 0 radical (unpaired) electrons. The van der Waals surface area contributed by atoms with Crippen molar-refractivity contribution in [1.82, 2.24) is 9.55 Å². The van der Waals surface area contributed by atoms with Crippen LogP contribution in [0.25, 0.3) is 81.7 Å². The van der Waals surface area contributed by atoms with Crippen LogP contribution in [0.1, 0.15) is 52.7 Å². The fourth-order valence-corrected chi connectivity index (χ4v) is 9.36. The van der Waals surface area contributed by atoms with Gasteiger partial charge in [-0.05, 0) is 93.2 Å². The van der Waals surface area contributed by atoms with Gasteiger partial charge in [0, 0.05) is 10.8 Å². The fourth-order valence-electron chi connectivity index (χ4n) is 9.36. The van der Waals surface area contributed by atoms with E-state index in [9.17, 15) is 0 Å². The number of hydrogen-bond acceptors (Lipinski definition) is 1. The van der Waals surface area contributed by atoms with Crippen LogP contribution in [0.3, 0.4) is 0 Å². The van der Waals surface area contributed by atoms with Gasteiger partial charge in [-0.1, -0.05) is 138 Å². The zero-order valence-corrected chi connectivity index (χ0v) is 28.3. The summed E-state index contributed by atoms with van der Waals surface area (Å²) >= 11 is 0. The van der Waals surface area contributed by atoms with Gasteiger partial charge in [0.05, 0.1) is 16.7 Å². The molecule has 2 aliphatic heterocycles. The Labute approximate surface area is 280 Å². The maximum Gasteiger partial charge on any atom is 0.248 e. The Morgan fingerprint density at radius 2 is 1.27 bits per heavy atom. The van der Waals surface area contributed by atoms with Crippen LogP contribution in [0.4, 0.5) is 0 Å². The third-order valence-electron chi connectivity index (χ3n) is 11.6. The highest BCUT2D eigenvalue weighted by Crippen LogP contribution is 2.47. The average molecular weight is 615 g/mol. The Morgan fingerprint density at radius 3 is 2.04 bits per heavy atom. The summed E-state index contributed by atoms with van der Waals surface area (Å²) in [4.78, 5) is 5.14. The summed E-state index contributed by atoms with van der Waals surface area (Å²) in [5.41, 5.74) is 13.4. The van der Waals surface area contributed by atoms with E-state index in [1.165, 1.54) is 104 Å². The Balaban J connectivity index is 1.41. The highest BCUT2D eigenvalue weighted by atomic mass is 15.1. The summed E-state index contributed by atoms with van der Waals surface area (Å²) in [6.07, 6.45) is 2.09. The minimum absolute atomic E-state index is 0.00218. The second-order valence-corrected chi connectivity index (χ2v) is 16.4. The van der Waals surface area contributed by atoms with Gasteiger partial charge in [-0.25, -0.2) is 4.98 Å². The topological polar surface area (TPSA) is 17.8 Å². The fraction of sp³-hybridized carbons (Fsp3) is 0.178. The molecule has 3 heterocycles. The van der Waals surface area contributed by atoms with Gasteiger partial charge in [-0.15, -0.1) is 0 Å². The van der Waals surface area contributed by atoms with Crippen LogP contribution in [0.5, 0.6) is 0 Å². The average Bonchev–Trinajstić information content (AvgIpc) is 3.50. The molecule has 0 spiro atoms. The quantitative estimate of drug-likeness (QED) is 0.123. The summed E-state index contributed by atoms with van der Waals surface area (Å²) in [5.74, 6) is 0. The summed E-state index contributed by atoms with van der Waals surface area (Å²) < 4.78 is 2.44. The van der Waals surface area contributed by atoms with Gasteiger partial charge in [0.15, 0.2) is 0 Å². The molecule has 0 bridgehead atoms. The number of aromatic nitrogens is 2. The van der Waals surface area contributed by atoms with Crippen molar-refractivity contribution >= 4 is 88.0 Å². The molecule has 3 heteroatoms. The molecule has 0 atom stereocenters. The number of rotatable bonds is 0. The van der Waals surface area contributed by atoms with Crippen LogP contribution in [0, 0.1) is 0 Å². The minimum Gasteiger partial charge on any atom is -0.299 e. The van der Waals surface area contributed by atoms with Crippen molar-refractivity contribution in [2.75, 3.05) is 0 Å². The van der Waals surface area contributed by atoms with Gasteiger partial charge in [-0.2, -0.15) is 0 Å². The molecule has 0 unspecified atom stereocenters. The molecule has 0 aliphatic carbocycles. The van der Waals surface area contributed by atoms with Gasteiger partial charge in [0.2, 0.25) is 6.71 Å². The predicted octanol–water partition coefficient (Wildman–Crippen LogP) is 9.63. The zero-order valence-electron chi connectivity index (χ0n) is 28.3. The van der Waals surface area contributed by atoms with Crippen LogP contribution in [0.15, 0.2) is 103 Å². The number of imidazole rings is 1. The molecule has 0 amide bonds. The highest BCUT2D eigenvalue weighted by Gasteiger charge is 2.42. The van der Waals surface area contributed by atoms with Crippen LogP contribution in [0.2, 0.25) is 0 Å². The van der Waals surface area contributed by atoms with Crippen molar-refractivity contribution in [3.63, 3.8) is 0 Å². The SMILES string of the molecule is CC(C)(C)c1cc2ccc3c4c5c(c6ccc(c1)c2c36)-n1cnc2cc(C(C)(C)C)cc(c21)B5c1cc2ccccc2c2cccc-4c12. The molecule has 0 saturated carbocycles. The Hall–Kier alpha value is -5.15. The molecule has 1 aromatic heterocycles. The van der Waals surface area contributed by atoms with Crippen molar-refractivity contribution < 1.29 is 0 Å². The molecule has 228 valence electrons. The monoisotopic (exact) mass is 614 g/mol. The van der Waals surface area contributed by atoms with E-state index < -0.39 is 0 Å². The maximum atomic E-state index is 5.14. The largest absolute Gasteiger partial charge is 0.299 e. The second kappa shape index (κ2) is 8.46. The van der Waals surface area contributed by atoms with Crippen molar-refractivity contribution in [3.05, 3.63) is 115 Å². The van der Waals surface area contributed by atoms with Crippen molar-refractivity contribution in [1.29, 1.82) is 0 Å². The smallest absolute Gasteiger partial charge is 0.248 e. The number of hydrogen-bond donors (Lipinski definition) is 0. The van der Waals surface area contributed by atoms with Crippen molar-refractivity contribution in [2.45, 2.75) is 52.4 Å². The zero-order chi connectivity index (χ0) is 32.4. The lowest BCUT2D eigenvalue weighted by atomic mass is 9.32. The van der Waals surface area contributed by atoms with Gasteiger partial charge in [0.25, 0.3) is 0 Å². The van der Waals surface area contributed by atoms with Crippen LogP contribution >= 0.6 is 0 Å². The Kier molecular flexibility index (Phi) is 4.74. The van der Waals surface area contributed by atoms with E-state index in [0.29, 0.717) is 0 Å². The van der Waals surface area contributed by atoms with Crippen molar-refractivity contribution in [2.24, 2.45) is 0 Å². The highest BCUT2D eigenvalue weighted by molar-refractivity contribution is 7.01. The molecule has 9 aromatic rings. The third kappa shape index (κ3) is 3.18. The number of benzene rings is 8. The predicted molar refractivity (Wildman–Crippen MR) is 207 cm³/mol. The van der Waals surface area contributed by atoms with Crippen LogP contribution in [-0.2, 0) is 10.8 Å². The first-order valence-corrected chi connectivity index (χ1v) is 17.3. The van der Waals surface area contributed by atoms with Crippen LogP contribution < -0.4 is 16.4 Å². The molecular formula is C45H35BN2. The first kappa shape index (κ1) is 26.9. The maximum absolute atomic E-state index is 5.14. The molecule has 0 saturated heterocycles. The minimum atomic E-state index is 0.00218. The molecule has 8 aromatic carbocycles. The summed E-state index contributed by atoms with van der Waals surface area (Å²) in [5, 5.41) is 13.4. The van der Waals surface area contributed by atoms with Crippen LogP contribution in [-0.4, -0.2) is 16.3 Å². The summed E-state index contributed by atoms with van der Waals surface area (Å²) in [6, 6.07) is 37.7. The van der Waals surface area contributed by atoms with E-state index in [-0.39, 0.29) is 17.5 Å². The lowest BCUT2D eigenvalue weighted by Gasteiger charge is -2.36. The Bertz CT molecular complexity index is 2890. The van der Waals surface area contributed by atoms with Gasteiger partial charge in [0.1, 0.15) is 6.33 Å². The first-order valence-electron chi connectivity index (χ1n) is 17.3. The molecule has 2 aliphatic rings. The van der Waals surface area contributed by atoms with E-state index in [1.54, 1.807) is 0 Å². The van der Waals surface area contributed by atoms with Gasteiger partial charge >= 0.3 is 0 Å². The van der Waals surface area contributed by atoms with E-state index in [4.69, 9.17) is 4.98 Å². The summed E-state index contributed by atoms with van der Waals surface area (Å²) in [7, 11) is 0. The van der Waals surface area contributed by atoms with E-state index >= 15 is 0 Å². The molecule has 0 N–H and O–H groups in total. The first-order chi connectivity index (χ1) is 23.1. The molecule has 48 heavy (non-hydrogen) atoms. The second-order valence-electron chi connectivity index (χ2n) is 16.4. The molecule has 2 nitrogen and oxygen atoms in total. The van der Waals surface area contributed by atoms with Gasteiger partial charge < -0.3 is 0 Å². The van der Waals surface area contributed by atoms with E-state index in [1.807, 2.05) is 0 Å². The van der Waals surface area contributed by atoms with E-state index in [0.717, 1.165) is 5.52 Å². The molecule has 0 fully saturated rings. The third-order valence-corrected chi connectivity index (χ3v) is 11.6. The van der Waals surface area contributed by atoms with E-state index in [2.05, 4.69) is 149 Å². The van der Waals surface area contributed by atoms with Gasteiger partial charge in [-0.3, -0.25) is 4.57 Å². The lowest BCUT2D eigenvalue weighted by Crippen LogP contribution is -2.58.